The predicted molar refractivity (Wildman–Crippen MR) is 132 cm³/mol. The van der Waals surface area contributed by atoms with Gasteiger partial charge in [-0.15, -0.1) is 10.2 Å². The van der Waals surface area contributed by atoms with Gasteiger partial charge in [0.1, 0.15) is 23.5 Å². The summed E-state index contributed by atoms with van der Waals surface area (Å²) in [5.74, 6) is -1.90. The minimum atomic E-state index is -1.09. The number of hydrogen-bond acceptors (Lipinski definition) is 7. The fourth-order valence-corrected chi connectivity index (χ4v) is 4.48. The van der Waals surface area contributed by atoms with E-state index < -0.39 is 35.0 Å². The molecule has 1 saturated carbocycles. The minimum absolute atomic E-state index is 0.0839. The van der Waals surface area contributed by atoms with Crippen LogP contribution in [0, 0.1) is 11.6 Å². The van der Waals surface area contributed by atoms with Gasteiger partial charge in [0.05, 0.1) is 24.2 Å². The third-order valence-corrected chi connectivity index (χ3v) is 6.69. The van der Waals surface area contributed by atoms with Crippen LogP contribution >= 0.6 is 0 Å². The lowest BCUT2D eigenvalue weighted by Gasteiger charge is -2.41. The summed E-state index contributed by atoms with van der Waals surface area (Å²) in [5.41, 5.74) is 0.337. The number of aryl methyl sites for hydroxylation is 1. The van der Waals surface area contributed by atoms with Crippen LogP contribution in [0.15, 0.2) is 55.1 Å². The van der Waals surface area contributed by atoms with Crippen molar-refractivity contribution < 1.29 is 18.4 Å². The second kappa shape index (κ2) is 10.0. The maximum atomic E-state index is 15.3. The van der Waals surface area contributed by atoms with E-state index in [9.17, 15) is 14.0 Å². The summed E-state index contributed by atoms with van der Waals surface area (Å²) in [6, 6.07) is 8.22. The number of aromatic nitrogens is 6. The lowest BCUT2D eigenvalue weighted by molar-refractivity contribution is -0.131. The van der Waals surface area contributed by atoms with Gasteiger partial charge in [-0.25, -0.2) is 18.7 Å². The van der Waals surface area contributed by atoms with Crippen molar-refractivity contribution in [2.24, 2.45) is 7.05 Å². The molecule has 194 valence electrons. The number of tetrazole rings is 1. The van der Waals surface area contributed by atoms with E-state index in [1.165, 1.54) is 41.7 Å². The van der Waals surface area contributed by atoms with Gasteiger partial charge in [0.25, 0.3) is 5.91 Å². The average molecular weight is 519 g/mol. The molecule has 2 N–H and O–H groups in total. The minimum Gasteiger partial charge on any atom is -0.347 e. The number of carbonyl (C=O) groups excluding carboxylic acids is 2. The summed E-state index contributed by atoms with van der Waals surface area (Å²) in [5, 5.41) is 17.4. The smallest absolute Gasteiger partial charge is 0.255 e. The SMILES string of the molecule is C[C@@H](NC(=O)C1(NC(=O)c2cncnc2)CCC1)c1ccc(-c2cccc(F)c2-c2nnn(C)n2)cc1F. The number of carbonyl (C=O) groups is 2. The van der Waals surface area contributed by atoms with Crippen molar-refractivity contribution in [1.29, 1.82) is 0 Å². The standard InChI is InChI=1S/C26H24F2N8O2/c1-15(31-25(38)26(9-4-10-26)32-24(37)17-12-29-14-30-13-17)18-8-7-16(11-21(18)28)19-5-3-6-20(27)22(19)23-33-35-36(2)34-23/h3,5-8,11-15H,4,9-10H2,1-2H3,(H,31,38)(H,32,37)/t15-/m1/s1. The number of halogens is 2. The monoisotopic (exact) mass is 518 g/mol. The van der Waals surface area contributed by atoms with E-state index in [4.69, 9.17) is 0 Å². The molecule has 0 saturated heterocycles. The molecule has 2 aromatic heterocycles. The van der Waals surface area contributed by atoms with Gasteiger partial charge in [-0.2, -0.15) is 4.80 Å². The Hall–Kier alpha value is -4.61. The molecule has 0 radical (unpaired) electrons. The normalized spacial score (nSPS) is 14.8. The molecule has 2 heterocycles. The van der Waals surface area contributed by atoms with E-state index in [1.807, 2.05) is 0 Å². The molecule has 12 heteroatoms. The molecule has 1 aliphatic rings. The maximum Gasteiger partial charge on any atom is 0.255 e. The second-order valence-corrected chi connectivity index (χ2v) is 9.21. The summed E-state index contributed by atoms with van der Waals surface area (Å²) in [6.45, 7) is 1.66. The highest BCUT2D eigenvalue weighted by Gasteiger charge is 2.46. The van der Waals surface area contributed by atoms with Gasteiger partial charge in [0.2, 0.25) is 11.7 Å². The van der Waals surface area contributed by atoms with Crippen LogP contribution in [0.5, 0.6) is 0 Å². The molecule has 0 spiro atoms. The molecule has 38 heavy (non-hydrogen) atoms. The molecule has 2 aromatic carbocycles. The molecular weight excluding hydrogens is 494 g/mol. The zero-order chi connectivity index (χ0) is 26.9. The van der Waals surface area contributed by atoms with Crippen molar-refractivity contribution in [3.05, 3.63) is 77.9 Å². The van der Waals surface area contributed by atoms with E-state index in [1.54, 1.807) is 32.2 Å². The number of rotatable bonds is 7. The molecule has 1 aliphatic carbocycles. The second-order valence-electron chi connectivity index (χ2n) is 9.21. The Morgan fingerprint density at radius 3 is 2.47 bits per heavy atom. The maximum absolute atomic E-state index is 15.3. The zero-order valence-corrected chi connectivity index (χ0v) is 20.7. The number of nitrogens with one attached hydrogen (secondary N) is 2. The van der Waals surface area contributed by atoms with E-state index in [2.05, 4.69) is 36.0 Å². The number of amides is 2. The molecular formula is C26H24F2N8O2. The Morgan fingerprint density at radius 1 is 1.08 bits per heavy atom. The van der Waals surface area contributed by atoms with Crippen molar-refractivity contribution in [2.75, 3.05) is 0 Å². The molecule has 0 bridgehead atoms. The Balaban J connectivity index is 1.35. The van der Waals surface area contributed by atoms with Crippen LogP contribution in [-0.2, 0) is 11.8 Å². The lowest BCUT2D eigenvalue weighted by Crippen LogP contribution is -2.63. The van der Waals surface area contributed by atoms with Crippen molar-refractivity contribution >= 4 is 11.8 Å². The molecule has 2 amide bonds. The summed E-state index contributed by atoms with van der Waals surface area (Å²) in [4.78, 5) is 34.7. The van der Waals surface area contributed by atoms with Gasteiger partial charge < -0.3 is 10.6 Å². The number of nitrogens with zero attached hydrogens (tertiary/aromatic N) is 6. The van der Waals surface area contributed by atoms with Gasteiger partial charge in [-0.05, 0) is 54.7 Å². The highest BCUT2D eigenvalue weighted by atomic mass is 19.1. The fourth-order valence-electron chi connectivity index (χ4n) is 4.48. The van der Waals surface area contributed by atoms with Gasteiger partial charge in [0, 0.05) is 18.0 Å². The van der Waals surface area contributed by atoms with Crippen LogP contribution in [0.3, 0.4) is 0 Å². The quantitative estimate of drug-likeness (QED) is 0.385. The lowest BCUT2D eigenvalue weighted by atomic mass is 9.75. The van der Waals surface area contributed by atoms with Crippen LogP contribution in [0.2, 0.25) is 0 Å². The first kappa shape index (κ1) is 25.1. The van der Waals surface area contributed by atoms with Gasteiger partial charge >= 0.3 is 0 Å². The molecule has 1 atom stereocenters. The Morgan fingerprint density at radius 2 is 1.84 bits per heavy atom. The molecule has 4 aromatic rings. The van der Waals surface area contributed by atoms with Gasteiger partial charge in [-0.3, -0.25) is 9.59 Å². The molecule has 0 aliphatic heterocycles. The topological polar surface area (TPSA) is 128 Å². The average Bonchev–Trinajstić information content (AvgIpc) is 3.31. The third-order valence-electron chi connectivity index (χ3n) is 6.69. The Kier molecular flexibility index (Phi) is 6.62. The molecule has 5 rings (SSSR count). The van der Waals surface area contributed by atoms with Gasteiger partial charge in [0.15, 0.2) is 0 Å². The van der Waals surface area contributed by atoms with E-state index in [-0.39, 0.29) is 22.5 Å². The molecule has 10 nitrogen and oxygen atoms in total. The van der Waals surface area contributed by atoms with Crippen LogP contribution in [0.4, 0.5) is 8.78 Å². The Labute approximate surface area is 216 Å². The van der Waals surface area contributed by atoms with Crippen molar-refractivity contribution in [3.63, 3.8) is 0 Å². The van der Waals surface area contributed by atoms with Crippen molar-refractivity contribution in [3.8, 4) is 22.5 Å². The first-order valence-electron chi connectivity index (χ1n) is 12.0. The largest absolute Gasteiger partial charge is 0.347 e. The van der Waals surface area contributed by atoms with Crippen molar-refractivity contribution in [2.45, 2.75) is 37.8 Å². The fraction of sp³-hybridized carbons (Fsp3) is 0.269. The van der Waals surface area contributed by atoms with E-state index in [0.29, 0.717) is 24.0 Å². The Bertz CT molecular complexity index is 1500. The van der Waals surface area contributed by atoms with Crippen LogP contribution in [-0.4, -0.2) is 47.5 Å². The summed E-state index contributed by atoms with van der Waals surface area (Å²) >= 11 is 0. The summed E-state index contributed by atoms with van der Waals surface area (Å²) < 4.78 is 30.1. The van der Waals surface area contributed by atoms with Crippen LogP contribution in [0.1, 0.15) is 48.1 Å². The highest BCUT2D eigenvalue weighted by molar-refractivity contribution is 5.99. The van der Waals surface area contributed by atoms with E-state index >= 15 is 4.39 Å². The molecule has 1 fully saturated rings. The third kappa shape index (κ3) is 4.72. The summed E-state index contributed by atoms with van der Waals surface area (Å²) in [6.07, 6.45) is 5.75. The first-order chi connectivity index (χ1) is 18.3. The molecule has 0 unspecified atom stereocenters. The highest BCUT2D eigenvalue weighted by Crippen LogP contribution is 2.35. The predicted octanol–water partition coefficient (Wildman–Crippen LogP) is 3.14. The van der Waals surface area contributed by atoms with Crippen LogP contribution in [0.25, 0.3) is 22.5 Å². The first-order valence-corrected chi connectivity index (χ1v) is 12.0. The van der Waals surface area contributed by atoms with E-state index in [0.717, 1.165) is 6.42 Å². The number of benzene rings is 2. The van der Waals surface area contributed by atoms with Crippen LogP contribution < -0.4 is 10.6 Å². The number of hydrogen-bond donors (Lipinski definition) is 2. The zero-order valence-electron chi connectivity index (χ0n) is 20.7. The van der Waals surface area contributed by atoms with Gasteiger partial charge in [-0.1, -0.05) is 24.3 Å². The van der Waals surface area contributed by atoms with Crippen molar-refractivity contribution in [1.82, 2.24) is 40.8 Å². The summed E-state index contributed by atoms with van der Waals surface area (Å²) in [7, 11) is 1.57.